The number of amides is 1. The van der Waals surface area contributed by atoms with Crippen LogP contribution in [-0.4, -0.2) is 27.3 Å². The number of nitrogens with one attached hydrogen (secondary N) is 1. The molecule has 0 spiro atoms. The average molecular weight is 447 g/mol. The lowest BCUT2D eigenvalue weighted by molar-refractivity contribution is -0.116. The molecule has 4 aromatic rings. The number of anilines is 1. The zero-order valence-electron chi connectivity index (χ0n) is 19.3. The molecular formula is C26H27FN4O2. The highest BCUT2D eigenvalue weighted by Crippen LogP contribution is 2.32. The van der Waals surface area contributed by atoms with Crippen LogP contribution in [-0.2, 0) is 11.2 Å². The van der Waals surface area contributed by atoms with Gasteiger partial charge in [-0.2, -0.15) is 10.1 Å². The van der Waals surface area contributed by atoms with Gasteiger partial charge in [0.2, 0.25) is 11.8 Å². The predicted octanol–water partition coefficient (Wildman–Crippen LogP) is 5.45. The summed E-state index contributed by atoms with van der Waals surface area (Å²) in [5, 5.41) is 8.44. The molecule has 7 heteroatoms. The van der Waals surface area contributed by atoms with Crippen molar-refractivity contribution in [2.75, 3.05) is 11.9 Å². The highest BCUT2D eigenvalue weighted by atomic mass is 19.1. The molecule has 0 bridgehead atoms. The lowest BCUT2D eigenvalue weighted by Crippen LogP contribution is -2.13. The van der Waals surface area contributed by atoms with Crippen LogP contribution in [0, 0.1) is 26.6 Å². The second-order valence-electron chi connectivity index (χ2n) is 8.04. The van der Waals surface area contributed by atoms with E-state index in [1.54, 1.807) is 16.8 Å². The minimum absolute atomic E-state index is 0.0759. The van der Waals surface area contributed by atoms with E-state index in [0.717, 1.165) is 33.5 Å². The summed E-state index contributed by atoms with van der Waals surface area (Å²) in [6, 6.07) is 14.0. The van der Waals surface area contributed by atoms with Crippen molar-refractivity contribution in [3.05, 3.63) is 76.7 Å². The second-order valence-corrected chi connectivity index (χ2v) is 8.04. The summed E-state index contributed by atoms with van der Waals surface area (Å²) in [4.78, 5) is 17.3. The maximum absolute atomic E-state index is 13.8. The number of nitrogens with zero attached hydrogens (tertiary/aromatic N) is 3. The van der Waals surface area contributed by atoms with Gasteiger partial charge in [-0.25, -0.2) is 9.07 Å². The zero-order chi connectivity index (χ0) is 23.5. The number of hydrogen-bond donors (Lipinski definition) is 1. The Morgan fingerprint density at radius 2 is 1.88 bits per heavy atom. The summed E-state index contributed by atoms with van der Waals surface area (Å²) in [6.07, 6.45) is 0.769. The number of benzene rings is 2. The highest BCUT2D eigenvalue weighted by molar-refractivity contribution is 5.91. The molecule has 0 saturated carbocycles. The second kappa shape index (κ2) is 9.40. The molecule has 33 heavy (non-hydrogen) atoms. The SMILES string of the molecule is CCOc1nc2c(c(C)nn2-c2cccc(F)c2)c(C)c1CCC(=O)Nc1ccc(C)cc1. The number of rotatable bonds is 7. The van der Waals surface area contributed by atoms with E-state index in [0.29, 0.717) is 36.7 Å². The largest absolute Gasteiger partial charge is 0.478 e. The summed E-state index contributed by atoms with van der Waals surface area (Å²) in [7, 11) is 0. The van der Waals surface area contributed by atoms with E-state index in [4.69, 9.17) is 9.72 Å². The number of hydrogen-bond acceptors (Lipinski definition) is 4. The van der Waals surface area contributed by atoms with Crippen LogP contribution in [0.1, 0.15) is 35.7 Å². The molecular weight excluding hydrogens is 419 g/mol. The van der Waals surface area contributed by atoms with Crippen molar-refractivity contribution in [2.45, 2.75) is 40.5 Å². The minimum atomic E-state index is -0.341. The van der Waals surface area contributed by atoms with Crippen molar-refractivity contribution in [2.24, 2.45) is 0 Å². The third kappa shape index (κ3) is 4.72. The lowest BCUT2D eigenvalue weighted by atomic mass is 10.0. The smallest absolute Gasteiger partial charge is 0.224 e. The number of ether oxygens (including phenoxy) is 1. The van der Waals surface area contributed by atoms with Gasteiger partial charge < -0.3 is 10.1 Å². The van der Waals surface area contributed by atoms with Crippen LogP contribution in [0.3, 0.4) is 0 Å². The molecule has 0 saturated heterocycles. The van der Waals surface area contributed by atoms with Crippen molar-refractivity contribution in [3.8, 4) is 11.6 Å². The van der Waals surface area contributed by atoms with Gasteiger partial charge in [-0.05, 0) is 70.0 Å². The molecule has 0 fully saturated rings. The van der Waals surface area contributed by atoms with E-state index >= 15 is 0 Å². The standard InChI is InChI=1S/C26H27FN4O2/c1-5-33-26-22(13-14-23(32)28-20-11-9-16(2)10-12-20)17(3)24-18(4)30-31(25(24)29-26)21-8-6-7-19(27)15-21/h6-12,15H,5,13-14H2,1-4H3,(H,28,32). The molecule has 4 rings (SSSR count). The molecule has 6 nitrogen and oxygen atoms in total. The normalized spacial score (nSPS) is 11.1. The van der Waals surface area contributed by atoms with E-state index in [9.17, 15) is 9.18 Å². The molecule has 0 unspecified atom stereocenters. The van der Waals surface area contributed by atoms with Gasteiger partial charge >= 0.3 is 0 Å². The molecule has 0 aliphatic rings. The van der Waals surface area contributed by atoms with Crippen LogP contribution in [0.5, 0.6) is 5.88 Å². The maximum atomic E-state index is 13.8. The molecule has 0 atom stereocenters. The Kier molecular flexibility index (Phi) is 6.40. The fourth-order valence-electron chi connectivity index (χ4n) is 3.97. The topological polar surface area (TPSA) is 69.0 Å². The maximum Gasteiger partial charge on any atom is 0.224 e. The molecule has 170 valence electrons. The summed E-state index contributed by atoms with van der Waals surface area (Å²) in [5.41, 5.74) is 5.73. The van der Waals surface area contributed by atoms with Crippen LogP contribution < -0.4 is 10.1 Å². The molecule has 0 aliphatic carbocycles. The van der Waals surface area contributed by atoms with Gasteiger partial charge in [0.25, 0.3) is 0 Å². The first-order valence-corrected chi connectivity index (χ1v) is 11.0. The predicted molar refractivity (Wildman–Crippen MR) is 128 cm³/mol. The number of aromatic nitrogens is 3. The van der Waals surface area contributed by atoms with Crippen LogP contribution >= 0.6 is 0 Å². The highest BCUT2D eigenvalue weighted by Gasteiger charge is 2.21. The first-order valence-electron chi connectivity index (χ1n) is 11.0. The van der Waals surface area contributed by atoms with Crippen LogP contribution in [0.15, 0.2) is 48.5 Å². The fourth-order valence-corrected chi connectivity index (χ4v) is 3.97. The van der Waals surface area contributed by atoms with Gasteiger partial charge in [0.1, 0.15) is 5.82 Å². The van der Waals surface area contributed by atoms with Crippen molar-refractivity contribution < 1.29 is 13.9 Å². The Bertz CT molecular complexity index is 1310. The third-order valence-corrected chi connectivity index (χ3v) is 5.60. The number of carbonyl (C=O) groups excluding carboxylic acids is 1. The number of halogens is 1. The Balaban J connectivity index is 1.67. The van der Waals surface area contributed by atoms with Crippen molar-refractivity contribution in [1.82, 2.24) is 14.8 Å². The van der Waals surface area contributed by atoms with Gasteiger partial charge in [0.15, 0.2) is 5.65 Å². The van der Waals surface area contributed by atoms with Gasteiger partial charge in [-0.3, -0.25) is 4.79 Å². The van der Waals surface area contributed by atoms with E-state index in [1.807, 2.05) is 52.0 Å². The molecule has 2 heterocycles. The van der Waals surface area contributed by atoms with Crippen LogP contribution in [0.2, 0.25) is 0 Å². The fraction of sp³-hybridized carbons (Fsp3) is 0.269. The van der Waals surface area contributed by atoms with E-state index in [2.05, 4.69) is 10.4 Å². The van der Waals surface area contributed by atoms with E-state index < -0.39 is 0 Å². The number of pyridine rings is 1. The van der Waals surface area contributed by atoms with Crippen LogP contribution in [0.25, 0.3) is 16.7 Å². The van der Waals surface area contributed by atoms with Crippen LogP contribution in [0.4, 0.5) is 10.1 Å². The summed E-state index contributed by atoms with van der Waals surface area (Å²) in [5.74, 6) is 0.0583. The van der Waals surface area contributed by atoms with Gasteiger partial charge in [-0.1, -0.05) is 23.8 Å². The molecule has 1 amide bonds. The van der Waals surface area contributed by atoms with Crippen molar-refractivity contribution >= 4 is 22.6 Å². The Morgan fingerprint density at radius 3 is 2.58 bits per heavy atom. The Morgan fingerprint density at radius 1 is 1.12 bits per heavy atom. The van der Waals surface area contributed by atoms with Gasteiger partial charge in [0.05, 0.1) is 18.0 Å². The first kappa shape index (κ1) is 22.5. The number of aryl methyl sites for hydroxylation is 3. The quantitative estimate of drug-likeness (QED) is 0.410. The molecule has 0 radical (unpaired) electrons. The Labute approximate surface area is 192 Å². The zero-order valence-corrected chi connectivity index (χ0v) is 19.3. The molecule has 2 aromatic carbocycles. The number of carbonyl (C=O) groups is 1. The third-order valence-electron chi connectivity index (χ3n) is 5.60. The minimum Gasteiger partial charge on any atom is -0.478 e. The van der Waals surface area contributed by atoms with E-state index in [-0.39, 0.29) is 11.7 Å². The summed E-state index contributed by atoms with van der Waals surface area (Å²) in [6.45, 7) is 8.23. The van der Waals surface area contributed by atoms with Crippen molar-refractivity contribution in [1.29, 1.82) is 0 Å². The van der Waals surface area contributed by atoms with Gasteiger partial charge in [-0.15, -0.1) is 0 Å². The molecule has 0 aliphatic heterocycles. The molecule has 2 aromatic heterocycles. The first-order chi connectivity index (χ1) is 15.9. The summed E-state index contributed by atoms with van der Waals surface area (Å²) < 4.78 is 21.3. The Hall–Kier alpha value is -3.74. The van der Waals surface area contributed by atoms with Crippen molar-refractivity contribution in [3.63, 3.8) is 0 Å². The summed E-state index contributed by atoms with van der Waals surface area (Å²) >= 11 is 0. The van der Waals surface area contributed by atoms with Gasteiger partial charge in [0, 0.05) is 23.1 Å². The average Bonchev–Trinajstić information content (AvgIpc) is 3.11. The number of fused-ring (bicyclic) bond motifs is 1. The monoisotopic (exact) mass is 446 g/mol. The lowest BCUT2D eigenvalue weighted by Gasteiger charge is -2.14. The molecule has 1 N–H and O–H groups in total. The van der Waals surface area contributed by atoms with E-state index in [1.165, 1.54) is 12.1 Å².